The lowest BCUT2D eigenvalue weighted by atomic mass is 10.0. The second-order valence-electron chi connectivity index (χ2n) is 18.3. The Morgan fingerprint density at radius 1 is 0.603 bits per heavy atom. The standard InChI is InChI=1S/C54H56N10O4/c65-52(48(42-13-3-1-4-14-42)59-54(67)61-31-9-10-32-61)62-33-11-17-46(62)50-55-35-44(57-50)40-25-21-38(22-26-40)19-20-39-23-27-41(28-24-39)45-36-56-51(58-45)47-18-12-34-63(47)53(66)49(43-15-5-2-6-16-43)64(68)37-60-29-7-8-30-60/h1-6,13-16,21-28,35-36,46-49H,7-12,17-18,29-34,37H2,(H2-,55,56,57,58,59,67)/p+1. The fourth-order valence-electron chi connectivity index (χ4n) is 10.2. The number of aromatic amines is 2. The van der Waals surface area contributed by atoms with Gasteiger partial charge in [0.25, 0.3) is 0 Å². The van der Waals surface area contributed by atoms with Crippen LogP contribution in [0.3, 0.4) is 0 Å². The third kappa shape index (κ3) is 9.71. The lowest BCUT2D eigenvalue weighted by Gasteiger charge is -2.30. The Morgan fingerprint density at radius 2 is 1.09 bits per heavy atom. The normalized spacial score (nSPS) is 19.1. The smallest absolute Gasteiger partial charge is 0.318 e. The van der Waals surface area contributed by atoms with Gasteiger partial charge < -0.3 is 30.0 Å². The van der Waals surface area contributed by atoms with Gasteiger partial charge in [-0.2, -0.15) is 0 Å². The van der Waals surface area contributed by atoms with Crippen LogP contribution in [0.1, 0.15) is 109 Å². The number of urea groups is 1. The molecule has 4 aromatic carbocycles. The maximum Gasteiger partial charge on any atom is 0.318 e. The maximum absolute atomic E-state index is 14.3. The Balaban J connectivity index is 0.772. The highest BCUT2D eigenvalue weighted by Crippen LogP contribution is 2.36. The van der Waals surface area contributed by atoms with Crippen molar-refractivity contribution in [2.45, 2.75) is 75.5 Å². The Bertz CT molecular complexity index is 2780. The van der Waals surface area contributed by atoms with Crippen LogP contribution in [0.25, 0.3) is 22.5 Å². The molecular formula is C54H57N10O4+. The predicted octanol–water partition coefficient (Wildman–Crippen LogP) is 8.31. The zero-order valence-electron chi connectivity index (χ0n) is 38.2. The summed E-state index contributed by atoms with van der Waals surface area (Å²) in [4.78, 5) is 79.5. The van der Waals surface area contributed by atoms with Crippen molar-refractivity contribution in [3.8, 4) is 34.4 Å². The summed E-state index contributed by atoms with van der Waals surface area (Å²) in [6, 6.07) is 32.5. The summed E-state index contributed by atoms with van der Waals surface area (Å²) in [7, 11) is 0. The first kappa shape index (κ1) is 44.5. The first-order valence-corrected chi connectivity index (χ1v) is 24.1. The van der Waals surface area contributed by atoms with Gasteiger partial charge in [0.1, 0.15) is 17.7 Å². The molecule has 14 nitrogen and oxygen atoms in total. The van der Waals surface area contributed by atoms with Gasteiger partial charge in [-0.05, 0) is 92.3 Å². The highest BCUT2D eigenvalue weighted by molar-refractivity contribution is 5.89. The van der Waals surface area contributed by atoms with Gasteiger partial charge in [-0.3, -0.25) is 9.59 Å². The van der Waals surface area contributed by atoms with Gasteiger partial charge >= 0.3 is 18.0 Å². The van der Waals surface area contributed by atoms with Crippen molar-refractivity contribution in [3.63, 3.8) is 0 Å². The molecule has 6 aromatic rings. The van der Waals surface area contributed by atoms with Crippen LogP contribution in [0.15, 0.2) is 122 Å². The van der Waals surface area contributed by atoms with Gasteiger partial charge in [0, 0.05) is 65.6 Å². The SMILES string of the molecule is O=C(NC(C(=O)N1CCCC1c1ncc(-c2ccc(C#Cc3ccc(-c4cnc(C5CCCN5C(=O)C(c5ccccc5)[N+](=O)CN5CCCC5)[nH]4)cc3)cc2)[nH]1)c1ccccc1)N1CCCC1. The highest BCUT2D eigenvalue weighted by Gasteiger charge is 2.44. The van der Waals surface area contributed by atoms with E-state index in [1.165, 1.54) is 0 Å². The van der Waals surface area contributed by atoms with E-state index in [1.807, 2.05) is 131 Å². The number of hydrogen-bond donors (Lipinski definition) is 3. The maximum atomic E-state index is 14.3. The van der Waals surface area contributed by atoms with E-state index in [4.69, 9.17) is 9.97 Å². The zero-order chi connectivity index (χ0) is 46.4. The summed E-state index contributed by atoms with van der Waals surface area (Å²) in [6.45, 7) is 4.53. The number of carbonyl (C=O) groups excluding carboxylic acids is 3. The van der Waals surface area contributed by atoms with E-state index in [1.54, 1.807) is 4.90 Å². The molecule has 4 aliphatic heterocycles. The number of nitroso groups, excluding NO2 is 1. The van der Waals surface area contributed by atoms with E-state index in [0.29, 0.717) is 31.7 Å². The molecule has 4 saturated heterocycles. The Kier molecular flexibility index (Phi) is 13.2. The molecule has 68 heavy (non-hydrogen) atoms. The minimum atomic E-state index is -0.918. The van der Waals surface area contributed by atoms with Gasteiger partial charge in [0.05, 0.1) is 35.9 Å². The third-order valence-electron chi connectivity index (χ3n) is 13.9. The first-order valence-electron chi connectivity index (χ1n) is 24.1. The molecule has 346 valence electrons. The average molecular weight is 910 g/mol. The Hall–Kier alpha value is -7.37. The van der Waals surface area contributed by atoms with Gasteiger partial charge in [0.15, 0.2) is 0 Å². The summed E-state index contributed by atoms with van der Waals surface area (Å²) >= 11 is 0. The summed E-state index contributed by atoms with van der Waals surface area (Å²) < 4.78 is 0.959. The van der Waals surface area contributed by atoms with Crippen LogP contribution < -0.4 is 5.32 Å². The van der Waals surface area contributed by atoms with Crippen molar-refractivity contribution >= 4 is 17.8 Å². The molecule has 4 amide bonds. The minimum Gasteiger partial charge on any atom is -0.340 e. The van der Waals surface area contributed by atoms with E-state index >= 15 is 0 Å². The largest absolute Gasteiger partial charge is 0.340 e. The summed E-state index contributed by atoms with van der Waals surface area (Å²) in [6.07, 6.45) is 10.9. The van der Waals surface area contributed by atoms with Crippen LogP contribution in [0.2, 0.25) is 0 Å². The topological polar surface area (TPSA) is 154 Å². The molecule has 14 heteroatoms. The van der Waals surface area contributed by atoms with Crippen molar-refractivity contribution < 1.29 is 19.1 Å². The molecule has 3 N–H and O–H groups in total. The molecule has 10 rings (SSSR count). The van der Waals surface area contributed by atoms with E-state index in [0.717, 1.165) is 120 Å². The summed E-state index contributed by atoms with van der Waals surface area (Å²) in [5, 5.41) is 3.05. The molecule has 4 aliphatic rings. The molecule has 6 heterocycles. The van der Waals surface area contributed by atoms with Crippen molar-refractivity contribution in [2.24, 2.45) is 0 Å². The number of aromatic nitrogens is 4. The number of nitrogens with one attached hydrogen (secondary N) is 3. The molecule has 0 radical (unpaired) electrons. The Morgan fingerprint density at radius 3 is 1.62 bits per heavy atom. The molecule has 4 fully saturated rings. The second-order valence-corrected chi connectivity index (χ2v) is 18.3. The Labute approximate surface area is 396 Å². The van der Waals surface area contributed by atoms with Crippen molar-refractivity contribution in [2.75, 3.05) is 45.9 Å². The number of carbonyl (C=O) groups is 3. The number of H-pyrrole nitrogens is 2. The lowest BCUT2D eigenvalue weighted by Crippen LogP contribution is -2.46. The van der Waals surface area contributed by atoms with Crippen molar-refractivity contribution in [1.82, 2.24) is 44.9 Å². The van der Waals surface area contributed by atoms with E-state index in [-0.39, 0.29) is 36.6 Å². The van der Waals surface area contributed by atoms with Gasteiger partial charge in [-0.15, -0.1) is 0 Å². The fourth-order valence-corrected chi connectivity index (χ4v) is 10.2. The van der Waals surface area contributed by atoms with Crippen LogP contribution >= 0.6 is 0 Å². The second kappa shape index (κ2) is 20.2. The molecular weight excluding hydrogens is 853 g/mol. The van der Waals surface area contributed by atoms with Crippen LogP contribution in [0.4, 0.5) is 4.79 Å². The van der Waals surface area contributed by atoms with Crippen LogP contribution in [0.5, 0.6) is 0 Å². The zero-order valence-corrected chi connectivity index (χ0v) is 38.2. The van der Waals surface area contributed by atoms with Crippen LogP contribution in [0, 0.1) is 16.7 Å². The minimum absolute atomic E-state index is 0.131. The summed E-state index contributed by atoms with van der Waals surface area (Å²) in [5.41, 5.74) is 6.82. The van der Waals surface area contributed by atoms with Crippen LogP contribution in [-0.4, -0.2) is 108 Å². The molecule has 4 unspecified atom stereocenters. The first-order chi connectivity index (χ1) is 33.4. The number of rotatable bonds is 12. The molecule has 2 aromatic heterocycles. The number of likely N-dealkylation sites (tertiary alicyclic amines) is 4. The number of benzene rings is 4. The highest BCUT2D eigenvalue weighted by atomic mass is 16.3. The van der Waals surface area contributed by atoms with Gasteiger partial charge in [-0.1, -0.05) is 96.8 Å². The number of amides is 4. The monoisotopic (exact) mass is 909 g/mol. The number of hydrogen-bond acceptors (Lipinski definition) is 7. The number of imidazole rings is 2. The third-order valence-corrected chi connectivity index (χ3v) is 13.9. The predicted molar refractivity (Wildman–Crippen MR) is 258 cm³/mol. The molecule has 4 atom stereocenters. The molecule has 0 saturated carbocycles. The summed E-state index contributed by atoms with van der Waals surface area (Å²) in [5.74, 6) is 7.71. The van der Waals surface area contributed by atoms with E-state index in [9.17, 15) is 19.3 Å². The molecule has 0 spiro atoms. The van der Waals surface area contributed by atoms with E-state index in [2.05, 4.69) is 32.0 Å². The molecule has 0 aliphatic carbocycles. The quantitative estimate of drug-likeness (QED) is 0.0825. The van der Waals surface area contributed by atoms with Crippen molar-refractivity contribution in [3.05, 3.63) is 160 Å². The number of nitrogens with zero attached hydrogens (tertiary/aromatic N) is 7. The lowest BCUT2D eigenvalue weighted by molar-refractivity contribution is -0.597. The average Bonchev–Trinajstić information content (AvgIpc) is 4.23. The van der Waals surface area contributed by atoms with Gasteiger partial charge in [0.2, 0.25) is 12.6 Å². The molecule has 0 bridgehead atoms. The van der Waals surface area contributed by atoms with Crippen LogP contribution in [-0.2, 0) is 9.59 Å². The fraction of sp³-hybridized carbons (Fsp3) is 0.352. The van der Waals surface area contributed by atoms with Gasteiger partial charge in [-0.25, -0.2) is 19.7 Å². The van der Waals surface area contributed by atoms with E-state index < -0.39 is 12.1 Å². The van der Waals surface area contributed by atoms with Crippen molar-refractivity contribution in [1.29, 1.82) is 0 Å².